The molecule has 2 aromatic rings. The number of carbonyl (C=O) groups is 1. The van der Waals surface area contributed by atoms with Gasteiger partial charge in [0.2, 0.25) is 10.0 Å². The molecule has 8 heteroatoms. The van der Waals surface area contributed by atoms with Crippen LogP contribution in [0.15, 0.2) is 23.1 Å². The Balaban J connectivity index is 2.40. The summed E-state index contributed by atoms with van der Waals surface area (Å²) in [6, 6.07) is 4.00. The van der Waals surface area contributed by atoms with Crippen LogP contribution in [0.5, 0.6) is 0 Å². The number of aromatic nitrogens is 2. The van der Waals surface area contributed by atoms with Crippen molar-refractivity contribution in [2.45, 2.75) is 31.2 Å². The zero-order valence-corrected chi connectivity index (χ0v) is 12.1. The number of rotatable bonds is 5. The molecule has 1 aromatic carbocycles. The molecule has 0 fully saturated rings. The van der Waals surface area contributed by atoms with Crippen LogP contribution in [0, 0.1) is 0 Å². The lowest BCUT2D eigenvalue weighted by Gasteiger charge is -2.12. The maximum atomic E-state index is 12.2. The topological polar surface area (TPSA) is 89.0 Å². The second-order valence-corrected chi connectivity index (χ2v) is 6.26. The Morgan fingerprint density at radius 3 is 2.84 bits per heavy atom. The van der Waals surface area contributed by atoms with Crippen molar-refractivity contribution in [3.8, 4) is 0 Å². The normalized spacial score (nSPS) is 13.6. The van der Waals surface area contributed by atoms with Gasteiger partial charge in [0.05, 0.1) is 17.8 Å². The van der Waals surface area contributed by atoms with Gasteiger partial charge in [-0.15, -0.1) is 0 Å². The molecule has 102 valence electrons. The Kier molecular flexibility index (Phi) is 3.93. The zero-order valence-electron chi connectivity index (χ0n) is 10.5. The number of benzene rings is 1. The van der Waals surface area contributed by atoms with E-state index >= 15 is 0 Å². The van der Waals surface area contributed by atoms with E-state index in [1.54, 1.807) is 19.1 Å². The first-order chi connectivity index (χ1) is 8.95. The summed E-state index contributed by atoms with van der Waals surface area (Å²) in [7, 11) is -3.78. The lowest BCUT2D eigenvalue weighted by Crippen LogP contribution is -2.38. The molecule has 0 saturated heterocycles. The van der Waals surface area contributed by atoms with Crippen molar-refractivity contribution in [3.63, 3.8) is 0 Å². The van der Waals surface area contributed by atoms with Crippen molar-refractivity contribution in [1.82, 2.24) is 13.5 Å². The van der Waals surface area contributed by atoms with Gasteiger partial charge in [0.15, 0.2) is 0 Å². The van der Waals surface area contributed by atoms with Gasteiger partial charge in [-0.3, -0.25) is 4.79 Å². The largest absolute Gasteiger partial charge is 0.298 e. The fourth-order valence-electron chi connectivity index (χ4n) is 1.67. The molecule has 1 heterocycles. The molecule has 1 unspecified atom stereocenters. The van der Waals surface area contributed by atoms with E-state index in [-0.39, 0.29) is 17.1 Å². The van der Waals surface area contributed by atoms with Crippen molar-refractivity contribution >= 4 is 38.6 Å². The Morgan fingerprint density at radius 2 is 2.16 bits per heavy atom. The van der Waals surface area contributed by atoms with Crippen LogP contribution >= 0.6 is 11.7 Å². The van der Waals surface area contributed by atoms with Crippen molar-refractivity contribution in [3.05, 3.63) is 18.2 Å². The highest BCUT2D eigenvalue weighted by molar-refractivity contribution is 7.89. The number of nitrogens with zero attached hydrogens (tertiary/aromatic N) is 2. The first kappa shape index (κ1) is 14.0. The maximum Gasteiger partial charge on any atom is 0.243 e. The molecular weight excluding hydrogens is 286 g/mol. The Bertz CT molecular complexity index is 709. The predicted octanol–water partition coefficient (Wildman–Crippen LogP) is 1.34. The third-order valence-corrected chi connectivity index (χ3v) is 4.82. The summed E-state index contributed by atoms with van der Waals surface area (Å²) in [6.07, 6.45) is 0.284. The molecule has 0 aliphatic rings. The minimum atomic E-state index is -3.78. The molecule has 6 nitrogen and oxygen atoms in total. The van der Waals surface area contributed by atoms with Gasteiger partial charge in [0.1, 0.15) is 21.7 Å². The van der Waals surface area contributed by atoms with Gasteiger partial charge in [0.25, 0.3) is 0 Å². The average molecular weight is 299 g/mol. The zero-order chi connectivity index (χ0) is 14.0. The van der Waals surface area contributed by atoms with Gasteiger partial charge in [-0.2, -0.15) is 8.75 Å². The predicted molar refractivity (Wildman–Crippen MR) is 72.5 cm³/mol. The van der Waals surface area contributed by atoms with Gasteiger partial charge in [-0.1, -0.05) is 13.0 Å². The summed E-state index contributed by atoms with van der Waals surface area (Å²) < 4.78 is 34.8. The average Bonchev–Trinajstić information content (AvgIpc) is 2.84. The van der Waals surface area contributed by atoms with Gasteiger partial charge < -0.3 is 0 Å². The maximum absolute atomic E-state index is 12.2. The van der Waals surface area contributed by atoms with E-state index in [0.717, 1.165) is 11.7 Å². The SMILES string of the molecule is CCC(=O)C(C)NS(=O)(=O)c1cccc2nsnc12. The number of hydrogen-bond donors (Lipinski definition) is 1. The van der Waals surface area contributed by atoms with Gasteiger partial charge in [0, 0.05) is 6.42 Å². The Labute approximate surface area is 115 Å². The van der Waals surface area contributed by atoms with Gasteiger partial charge in [-0.05, 0) is 19.1 Å². The summed E-state index contributed by atoms with van der Waals surface area (Å²) in [4.78, 5) is 11.5. The molecule has 19 heavy (non-hydrogen) atoms. The highest BCUT2D eigenvalue weighted by atomic mass is 32.2. The monoisotopic (exact) mass is 299 g/mol. The molecule has 1 atom stereocenters. The van der Waals surface area contributed by atoms with E-state index in [1.807, 2.05) is 0 Å². The molecule has 0 amide bonds. The first-order valence-electron chi connectivity index (χ1n) is 5.72. The Hall–Kier alpha value is -1.38. The molecule has 0 aliphatic carbocycles. The molecule has 0 saturated carbocycles. The smallest absolute Gasteiger partial charge is 0.243 e. The third-order valence-electron chi connectivity index (χ3n) is 2.70. The summed E-state index contributed by atoms with van der Waals surface area (Å²) in [5.74, 6) is -0.160. The first-order valence-corrected chi connectivity index (χ1v) is 7.93. The van der Waals surface area contributed by atoms with Gasteiger partial charge in [-0.25, -0.2) is 13.1 Å². The molecular formula is C11H13N3O3S2. The van der Waals surface area contributed by atoms with E-state index in [1.165, 1.54) is 13.0 Å². The van der Waals surface area contributed by atoms with Gasteiger partial charge >= 0.3 is 0 Å². The van der Waals surface area contributed by atoms with Crippen molar-refractivity contribution in [2.75, 3.05) is 0 Å². The van der Waals surface area contributed by atoms with Crippen LogP contribution in [0.1, 0.15) is 20.3 Å². The molecule has 0 bridgehead atoms. The number of carbonyl (C=O) groups excluding carboxylic acids is 1. The van der Waals surface area contributed by atoms with Crippen LogP contribution in [-0.4, -0.2) is 29.0 Å². The summed E-state index contributed by atoms with van der Waals surface area (Å²) in [6.45, 7) is 3.22. The summed E-state index contributed by atoms with van der Waals surface area (Å²) >= 11 is 0.954. The summed E-state index contributed by atoms with van der Waals surface area (Å²) in [5.41, 5.74) is 0.860. The van der Waals surface area contributed by atoms with Crippen molar-refractivity contribution in [1.29, 1.82) is 0 Å². The van der Waals surface area contributed by atoms with Crippen LogP contribution in [0.3, 0.4) is 0 Å². The van der Waals surface area contributed by atoms with Crippen LogP contribution < -0.4 is 4.72 Å². The fourth-order valence-corrected chi connectivity index (χ4v) is 3.66. The minimum absolute atomic E-state index is 0.0505. The second-order valence-electron chi connectivity index (χ2n) is 4.05. The molecule has 1 aromatic heterocycles. The standard InChI is InChI=1S/C11H13N3O3S2/c1-3-9(15)7(2)14-19(16,17)10-6-4-5-8-11(10)13-18-12-8/h4-7,14H,3H2,1-2H3. The molecule has 0 radical (unpaired) electrons. The Morgan fingerprint density at radius 1 is 1.42 bits per heavy atom. The minimum Gasteiger partial charge on any atom is -0.298 e. The highest BCUT2D eigenvalue weighted by Crippen LogP contribution is 2.21. The number of sulfonamides is 1. The van der Waals surface area contributed by atoms with E-state index in [2.05, 4.69) is 13.5 Å². The molecule has 2 rings (SSSR count). The van der Waals surface area contributed by atoms with Crippen LogP contribution in [0.4, 0.5) is 0 Å². The number of hydrogen-bond acceptors (Lipinski definition) is 6. The van der Waals surface area contributed by atoms with Crippen LogP contribution in [0.2, 0.25) is 0 Å². The second kappa shape index (κ2) is 5.32. The van der Waals surface area contributed by atoms with Crippen molar-refractivity contribution < 1.29 is 13.2 Å². The summed E-state index contributed by atoms with van der Waals surface area (Å²) in [5, 5.41) is 0. The molecule has 1 N–H and O–H groups in total. The third kappa shape index (κ3) is 2.80. The fraction of sp³-hybridized carbons (Fsp3) is 0.364. The number of Topliss-reactive ketones (excluding diaryl/α,β-unsaturated/α-hetero) is 1. The number of ketones is 1. The van der Waals surface area contributed by atoms with E-state index < -0.39 is 16.1 Å². The number of fused-ring (bicyclic) bond motifs is 1. The lowest BCUT2D eigenvalue weighted by atomic mass is 10.2. The van der Waals surface area contributed by atoms with E-state index in [4.69, 9.17) is 0 Å². The quantitative estimate of drug-likeness (QED) is 0.900. The lowest BCUT2D eigenvalue weighted by molar-refractivity contribution is -0.119. The van der Waals surface area contributed by atoms with Crippen LogP contribution in [0.25, 0.3) is 11.0 Å². The molecule has 0 spiro atoms. The van der Waals surface area contributed by atoms with Crippen molar-refractivity contribution in [2.24, 2.45) is 0 Å². The highest BCUT2D eigenvalue weighted by Gasteiger charge is 2.23. The number of nitrogens with one attached hydrogen (secondary N) is 1. The van der Waals surface area contributed by atoms with E-state index in [0.29, 0.717) is 11.0 Å². The van der Waals surface area contributed by atoms with Crippen LogP contribution in [-0.2, 0) is 14.8 Å². The van der Waals surface area contributed by atoms with E-state index in [9.17, 15) is 13.2 Å². The molecule has 0 aliphatic heterocycles.